The molecule has 0 heterocycles. The summed E-state index contributed by atoms with van der Waals surface area (Å²) in [6.07, 6.45) is -5.81. The molecule has 0 fully saturated rings. The lowest BCUT2D eigenvalue weighted by atomic mass is 10.3. The van der Waals surface area contributed by atoms with Crippen LogP contribution in [0.4, 0.5) is 13.2 Å². The van der Waals surface area contributed by atoms with Crippen LogP contribution < -0.4 is 4.72 Å². The highest BCUT2D eigenvalue weighted by Gasteiger charge is 2.27. The van der Waals surface area contributed by atoms with Crippen molar-refractivity contribution in [2.75, 3.05) is 26.0 Å². The van der Waals surface area contributed by atoms with Crippen molar-refractivity contribution in [1.82, 2.24) is 4.72 Å². The molecular weight excluding hydrogens is 235 g/mol. The van der Waals surface area contributed by atoms with Gasteiger partial charge in [0.05, 0.1) is 12.4 Å². The van der Waals surface area contributed by atoms with Gasteiger partial charge in [0.15, 0.2) is 0 Å². The minimum Gasteiger partial charge on any atom is -0.383 e. The molecule has 0 unspecified atom stereocenters. The van der Waals surface area contributed by atoms with Gasteiger partial charge in [-0.3, -0.25) is 0 Å². The number of methoxy groups -OCH3 is 1. The first-order valence-corrected chi connectivity index (χ1v) is 5.95. The summed E-state index contributed by atoms with van der Waals surface area (Å²) in [5, 5.41) is 0. The normalized spacial score (nSPS) is 13.1. The van der Waals surface area contributed by atoms with Gasteiger partial charge in [-0.2, -0.15) is 13.2 Å². The molecule has 0 aromatic rings. The number of alkyl halides is 3. The maximum absolute atomic E-state index is 11.7. The molecule has 0 rings (SSSR count). The Kier molecular flexibility index (Phi) is 6.15. The monoisotopic (exact) mass is 249 g/mol. The Bertz CT molecular complexity index is 263. The third-order valence-corrected chi connectivity index (χ3v) is 2.97. The van der Waals surface area contributed by atoms with Crippen LogP contribution in [0, 0.1) is 0 Å². The van der Waals surface area contributed by atoms with Crippen LogP contribution in [0.25, 0.3) is 0 Å². The number of rotatable bonds is 7. The van der Waals surface area contributed by atoms with Gasteiger partial charge in [0.2, 0.25) is 10.0 Å². The van der Waals surface area contributed by atoms with Crippen LogP contribution in [0.5, 0.6) is 0 Å². The minimum atomic E-state index is -4.30. The van der Waals surface area contributed by atoms with Crippen LogP contribution in [0.1, 0.15) is 12.8 Å². The van der Waals surface area contributed by atoms with Gasteiger partial charge in [-0.1, -0.05) is 0 Å². The van der Waals surface area contributed by atoms with Gasteiger partial charge >= 0.3 is 6.18 Å². The van der Waals surface area contributed by atoms with E-state index in [-0.39, 0.29) is 13.2 Å². The molecule has 8 heteroatoms. The maximum atomic E-state index is 11.7. The van der Waals surface area contributed by atoms with Crippen LogP contribution >= 0.6 is 0 Å². The van der Waals surface area contributed by atoms with Gasteiger partial charge in [-0.25, -0.2) is 13.1 Å². The van der Waals surface area contributed by atoms with Gasteiger partial charge in [-0.05, 0) is 6.42 Å². The van der Waals surface area contributed by atoms with Gasteiger partial charge in [0.25, 0.3) is 0 Å². The molecule has 0 amide bonds. The summed E-state index contributed by atoms with van der Waals surface area (Å²) in [4.78, 5) is 0. The van der Waals surface area contributed by atoms with Crippen LogP contribution in [0.3, 0.4) is 0 Å². The number of ether oxygens (including phenoxy) is 1. The summed E-state index contributed by atoms with van der Waals surface area (Å²) < 4.78 is 63.9. The molecule has 0 atom stereocenters. The predicted molar refractivity (Wildman–Crippen MR) is 49.0 cm³/mol. The van der Waals surface area contributed by atoms with Crippen LogP contribution in [0.15, 0.2) is 0 Å². The molecule has 0 aromatic carbocycles. The second-order valence-corrected chi connectivity index (χ2v) is 4.85. The molecule has 0 aliphatic heterocycles. The summed E-state index contributed by atoms with van der Waals surface area (Å²) in [5.41, 5.74) is 0. The van der Waals surface area contributed by atoms with E-state index in [4.69, 9.17) is 0 Å². The second-order valence-electron chi connectivity index (χ2n) is 2.92. The number of nitrogens with one attached hydrogen (secondary N) is 1. The van der Waals surface area contributed by atoms with E-state index >= 15 is 0 Å². The fourth-order valence-corrected chi connectivity index (χ4v) is 1.90. The summed E-state index contributed by atoms with van der Waals surface area (Å²) in [6.45, 7) is 0.267. The molecule has 1 N–H and O–H groups in total. The van der Waals surface area contributed by atoms with E-state index in [9.17, 15) is 21.6 Å². The molecular formula is C7H14F3NO3S. The lowest BCUT2D eigenvalue weighted by molar-refractivity contribution is -0.134. The fourth-order valence-electron chi connectivity index (χ4n) is 0.834. The number of halogens is 3. The Hall–Kier alpha value is -0.340. The molecule has 0 radical (unpaired) electrons. The van der Waals surface area contributed by atoms with Crippen LogP contribution in [0.2, 0.25) is 0 Å². The van der Waals surface area contributed by atoms with Crippen molar-refractivity contribution in [3.05, 3.63) is 0 Å². The Labute approximate surface area is 86.8 Å². The topological polar surface area (TPSA) is 55.4 Å². The summed E-state index contributed by atoms with van der Waals surface area (Å²) in [7, 11) is -2.21. The molecule has 0 aliphatic carbocycles. The van der Waals surface area contributed by atoms with Crippen molar-refractivity contribution in [3.8, 4) is 0 Å². The highest BCUT2D eigenvalue weighted by molar-refractivity contribution is 7.89. The van der Waals surface area contributed by atoms with Crippen LogP contribution in [-0.2, 0) is 14.8 Å². The predicted octanol–water partition coefficient (Wildman–Crippen LogP) is 0.895. The first-order chi connectivity index (χ1) is 6.77. The molecule has 4 nitrogen and oxygen atoms in total. The smallest absolute Gasteiger partial charge is 0.383 e. The van der Waals surface area contributed by atoms with Crippen molar-refractivity contribution in [2.24, 2.45) is 0 Å². The Balaban J connectivity index is 3.75. The highest BCUT2D eigenvalue weighted by atomic mass is 32.2. The average Bonchev–Trinajstić information content (AvgIpc) is 2.01. The van der Waals surface area contributed by atoms with E-state index in [1.807, 2.05) is 0 Å². The van der Waals surface area contributed by atoms with Crippen molar-refractivity contribution in [1.29, 1.82) is 0 Å². The van der Waals surface area contributed by atoms with Gasteiger partial charge < -0.3 is 4.74 Å². The van der Waals surface area contributed by atoms with Gasteiger partial charge in [0.1, 0.15) is 0 Å². The van der Waals surface area contributed by atoms with Crippen molar-refractivity contribution in [3.63, 3.8) is 0 Å². The fraction of sp³-hybridized carbons (Fsp3) is 1.00. The lowest BCUT2D eigenvalue weighted by Gasteiger charge is -2.07. The molecule has 0 aliphatic rings. The zero-order valence-corrected chi connectivity index (χ0v) is 9.12. The number of hydrogen-bond acceptors (Lipinski definition) is 3. The van der Waals surface area contributed by atoms with E-state index in [1.54, 1.807) is 0 Å². The Morgan fingerprint density at radius 1 is 1.33 bits per heavy atom. The number of hydrogen-bond donors (Lipinski definition) is 1. The minimum absolute atomic E-state index is 0.0743. The van der Waals surface area contributed by atoms with E-state index < -0.39 is 34.8 Å². The molecule has 92 valence electrons. The SMILES string of the molecule is COCCNS(=O)(=O)CCCC(F)(F)F. The van der Waals surface area contributed by atoms with Gasteiger partial charge in [0, 0.05) is 20.1 Å². The van der Waals surface area contributed by atoms with Gasteiger partial charge in [-0.15, -0.1) is 0 Å². The van der Waals surface area contributed by atoms with E-state index in [0.717, 1.165) is 0 Å². The highest BCUT2D eigenvalue weighted by Crippen LogP contribution is 2.21. The summed E-state index contributed by atoms with van der Waals surface area (Å²) in [6, 6.07) is 0. The summed E-state index contributed by atoms with van der Waals surface area (Å²) in [5.74, 6) is -0.518. The average molecular weight is 249 g/mol. The van der Waals surface area contributed by atoms with E-state index in [2.05, 4.69) is 9.46 Å². The van der Waals surface area contributed by atoms with E-state index in [1.165, 1.54) is 7.11 Å². The Morgan fingerprint density at radius 2 is 1.93 bits per heavy atom. The lowest BCUT2D eigenvalue weighted by Crippen LogP contribution is -2.29. The zero-order chi connectivity index (χ0) is 11.9. The quantitative estimate of drug-likeness (QED) is 0.682. The van der Waals surface area contributed by atoms with Crippen molar-refractivity contribution in [2.45, 2.75) is 19.0 Å². The summed E-state index contributed by atoms with van der Waals surface area (Å²) >= 11 is 0. The third-order valence-electron chi connectivity index (χ3n) is 1.50. The first kappa shape index (κ1) is 14.7. The molecule has 0 saturated carbocycles. The standard InChI is InChI=1S/C7H14F3NO3S/c1-14-5-4-11-15(12,13)6-2-3-7(8,9)10/h11H,2-6H2,1H3. The first-order valence-electron chi connectivity index (χ1n) is 4.30. The Morgan fingerprint density at radius 3 is 2.40 bits per heavy atom. The maximum Gasteiger partial charge on any atom is 0.389 e. The van der Waals surface area contributed by atoms with Crippen LogP contribution in [-0.4, -0.2) is 40.6 Å². The molecule has 0 spiro atoms. The second kappa shape index (κ2) is 6.29. The zero-order valence-electron chi connectivity index (χ0n) is 8.30. The number of sulfonamides is 1. The molecule has 0 aromatic heterocycles. The third kappa shape index (κ3) is 9.95. The molecule has 0 bridgehead atoms. The largest absolute Gasteiger partial charge is 0.389 e. The molecule has 15 heavy (non-hydrogen) atoms. The van der Waals surface area contributed by atoms with Crippen molar-refractivity contribution < 1.29 is 26.3 Å². The van der Waals surface area contributed by atoms with E-state index in [0.29, 0.717) is 0 Å². The van der Waals surface area contributed by atoms with Crippen molar-refractivity contribution >= 4 is 10.0 Å². The molecule has 0 saturated heterocycles.